The fraction of sp³-hybridized carbons (Fsp3) is 0.944. The van der Waals surface area contributed by atoms with Gasteiger partial charge in [-0.05, 0) is 68.9 Å². The Kier molecular flexibility index (Phi) is 4.41. The van der Waals surface area contributed by atoms with E-state index >= 15 is 0 Å². The monoisotopic (exact) mass is 327 g/mol. The van der Waals surface area contributed by atoms with Gasteiger partial charge in [0.1, 0.15) is 0 Å². The molecule has 0 aliphatic heterocycles. The van der Waals surface area contributed by atoms with Crippen LogP contribution in [-0.2, 0) is 4.79 Å². The molecule has 0 spiro atoms. The quantitative estimate of drug-likeness (QED) is 0.791. The van der Waals surface area contributed by atoms with Crippen LogP contribution in [0.1, 0.15) is 59.3 Å². The second-order valence-electron chi connectivity index (χ2n) is 9.83. The molecule has 1 N–H and O–H groups in total. The van der Waals surface area contributed by atoms with Gasteiger partial charge >= 0.3 is 0 Å². The van der Waals surface area contributed by atoms with E-state index in [4.69, 9.17) is 0 Å². The lowest BCUT2D eigenvalue weighted by Gasteiger charge is -2.68. The van der Waals surface area contributed by atoms with Gasteiger partial charge in [0.25, 0.3) is 0 Å². The Hall–Kier alpha value is -0.280. The zero-order chi connectivity index (χ0) is 15.5. The first kappa shape index (κ1) is 18.1. The van der Waals surface area contributed by atoms with Crippen LogP contribution in [0, 0.1) is 21.7 Å². The molecule has 0 saturated heterocycles. The van der Waals surface area contributed by atoms with Crippen molar-refractivity contribution in [1.82, 2.24) is 10.2 Å². The summed E-state index contributed by atoms with van der Waals surface area (Å²) in [4.78, 5) is 15.1. The molecule has 0 aromatic rings. The maximum absolute atomic E-state index is 13.0. The molecule has 1 amide bonds. The molecule has 0 aromatic carbocycles. The molecule has 4 rings (SSSR count). The number of amides is 1. The minimum atomic E-state index is -0.0840. The predicted octanol–water partition coefficient (Wildman–Crippen LogP) is 0.0549. The fourth-order valence-corrected chi connectivity index (χ4v) is 7.11. The van der Waals surface area contributed by atoms with Crippen LogP contribution < -0.4 is 17.7 Å². The lowest BCUT2D eigenvalue weighted by atomic mass is 9.36. The molecule has 3 nitrogen and oxygen atoms in total. The Labute approximate surface area is 142 Å². The summed E-state index contributed by atoms with van der Waals surface area (Å²) in [6.07, 6.45) is 7.30. The molecule has 4 heteroatoms. The fourth-order valence-electron chi connectivity index (χ4n) is 7.11. The van der Waals surface area contributed by atoms with Crippen LogP contribution in [0.15, 0.2) is 0 Å². The van der Waals surface area contributed by atoms with E-state index in [2.05, 4.69) is 45.1 Å². The Balaban J connectivity index is 0.00000176. The van der Waals surface area contributed by atoms with Gasteiger partial charge < -0.3 is 22.6 Å². The Morgan fingerprint density at radius 3 is 1.68 bits per heavy atom. The number of likely N-dealkylation sites (N-methyl/N-ethyl adjacent to an activating group) is 1. The first-order valence-corrected chi connectivity index (χ1v) is 8.51. The van der Waals surface area contributed by atoms with E-state index < -0.39 is 0 Å². The summed E-state index contributed by atoms with van der Waals surface area (Å²) in [5.41, 5.74) is 1.07. The second kappa shape index (κ2) is 5.37. The van der Waals surface area contributed by atoms with Crippen LogP contribution in [0.5, 0.6) is 0 Å². The van der Waals surface area contributed by atoms with Crippen LogP contribution >= 0.6 is 0 Å². The number of rotatable bonds is 4. The molecule has 22 heavy (non-hydrogen) atoms. The summed E-state index contributed by atoms with van der Waals surface area (Å²) in [5.74, 6) is 0.340. The van der Waals surface area contributed by atoms with Gasteiger partial charge in [0.15, 0.2) is 0 Å². The molecule has 0 radical (unpaired) electrons. The van der Waals surface area contributed by atoms with Crippen LogP contribution in [-0.4, -0.2) is 38.0 Å². The van der Waals surface area contributed by atoms with Crippen molar-refractivity contribution in [3.8, 4) is 0 Å². The van der Waals surface area contributed by atoms with Gasteiger partial charge in [0.2, 0.25) is 5.91 Å². The average Bonchev–Trinajstić information content (AvgIpc) is 2.21. The Morgan fingerprint density at radius 1 is 0.909 bits per heavy atom. The SMILES string of the molecule is CN(C)CCNC(=O)C12CC3(C)CC(C)(CC(C)(C3)C1)C2.[Cl-]. The summed E-state index contributed by atoms with van der Waals surface area (Å²) >= 11 is 0. The van der Waals surface area contributed by atoms with Gasteiger partial charge in [-0.15, -0.1) is 0 Å². The molecule has 4 bridgehead atoms. The summed E-state index contributed by atoms with van der Waals surface area (Å²) < 4.78 is 0. The third-order valence-corrected chi connectivity index (χ3v) is 6.18. The van der Waals surface area contributed by atoms with Crippen molar-refractivity contribution in [3.05, 3.63) is 0 Å². The third-order valence-electron chi connectivity index (χ3n) is 6.18. The van der Waals surface area contributed by atoms with Crippen molar-refractivity contribution >= 4 is 5.91 Å². The molecule has 0 unspecified atom stereocenters. The van der Waals surface area contributed by atoms with Crippen molar-refractivity contribution in [2.45, 2.75) is 59.3 Å². The first-order chi connectivity index (χ1) is 9.58. The maximum atomic E-state index is 13.0. The molecule has 0 atom stereocenters. The average molecular weight is 328 g/mol. The molecular weight excluding hydrogens is 296 g/mol. The van der Waals surface area contributed by atoms with E-state index in [-0.39, 0.29) is 17.8 Å². The van der Waals surface area contributed by atoms with E-state index in [1.54, 1.807) is 0 Å². The molecule has 4 saturated carbocycles. The van der Waals surface area contributed by atoms with E-state index in [1.807, 2.05) is 0 Å². The van der Waals surface area contributed by atoms with Crippen molar-refractivity contribution in [2.24, 2.45) is 21.7 Å². The van der Waals surface area contributed by atoms with Gasteiger partial charge in [-0.2, -0.15) is 0 Å². The van der Waals surface area contributed by atoms with Gasteiger partial charge in [-0.3, -0.25) is 4.79 Å². The number of hydrogen-bond acceptors (Lipinski definition) is 2. The van der Waals surface area contributed by atoms with Gasteiger partial charge in [-0.1, -0.05) is 20.8 Å². The molecule has 0 aromatic heterocycles. The van der Waals surface area contributed by atoms with E-state index in [1.165, 1.54) is 19.3 Å². The summed E-state index contributed by atoms with van der Waals surface area (Å²) in [6.45, 7) is 9.00. The van der Waals surface area contributed by atoms with Crippen LogP contribution in [0.2, 0.25) is 0 Å². The highest BCUT2D eigenvalue weighted by atomic mass is 35.5. The number of halogens is 1. The highest BCUT2D eigenvalue weighted by molar-refractivity contribution is 5.83. The lowest BCUT2D eigenvalue weighted by molar-refractivity contribution is -0.191. The Morgan fingerprint density at radius 2 is 1.32 bits per heavy atom. The highest BCUT2D eigenvalue weighted by Gasteiger charge is 2.66. The summed E-state index contributed by atoms with van der Waals surface area (Å²) in [7, 11) is 4.11. The van der Waals surface area contributed by atoms with Crippen molar-refractivity contribution in [2.75, 3.05) is 27.2 Å². The zero-order valence-corrected chi connectivity index (χ0v) is 15.6. The van der Waals surface area contributed by atoms with Gasteiger partial charge in [0, 0.05) is 13.1 Å². The number of carbonyl (C=O) groups excluding carboxylic acids is 1. The molecule has 4 fully saturated rings. The molecule has 0 heterocycles. The molecule has 128 valence electrons. The Bertz CT molecular complexity index is 408. The smallest absolute Gasteiger partial charge is 0.226 e. The normalized spacial score (nSPS) is 45.7. The highest BCUT2D eigenvalue weighted by Crippen LogP contribution is 2.73. The summed E-state index contributed by atoms with van der Waals surface area (Å²) in [5, 5.41) is 3.24. The number of carbonyl (C=O) groups is 1. The van der Waals surface area contributed by atoms with Crippen molar-refractivity contribution < 1.29 is 17.2 Å². The van der Waals surface area contributed by atoms with E-state index in [9.17, 15) is 4.79 Å². The zero-order valence-electron chi connectivity index (χ0n) is 14.9. The predicted molar refractivity (Wildman–Crippen MR) is 86.0 cm³/mol. The lowest BCUT2D eigenvalue weighted by Crippen LogP contribution is -3.00. The number of hydrogen-bond donors (Lipinski definition) is 1. The second-order valence-corrected chi connectivity index (χ2v) is 9.83. The molecule has 4 aliphatic rings. The largest absolute Gasteiger partial charge is 1.00 e. The van der Waals surface area contributed by atoms with E-state index in [0.717, 1.165) is 32.4 Å². The minimum Gasteiger partial charge on any atom is -1.00 e. The van der Waals surface area contributed by atoms with Crippen LogP contribution in [0.4, 0.5) is 0 Å². The van der Waals surface area contributed by atoms with Gasteiger partial charge in [0.05, 0.1) is 5.41 Å². The molecular formula is C18H32ClN2O-. The number of nitrogens with one attached hydrogen (secondary N) is 1. The maximum Gasteiger partial charge on any atom is 0.226 e. The minimum absolute atomic E-state index is 0. The van der Waals surface area contributed by atoms with E-state index in [0.29, 0.717) is 22.2 Å². The third kappa shape index (κ3) is 3.03. The van der Waals surface area contributed by atoms with Crippen LogP contribution in [0.3, 0.4) is 0 Å². The van der Waals surface area contributed by atoms with Crippen molar-refractivity contribution in [3.63, 3.8) is 0 Å². The van der Waals surface area contributed by atoms with Crippen LogP contribution in [0.25, 0.3) is 0 Å². The number of nitrogens with zero attached hydrogens (tertiary/aromatic N) is 1. The topological polar surface area (TPSA) is 32.3 Å². The van der Waals surface area contributed by atoms with Gasteiger partial charge in [-0.25, -0.2) is 0 Å². The standard InChI is InChI=1S/C18H32N2O.ClH/c1-15-8-16(2)10-17(3,9-15)13-18(11-15,12-16)14(21)19-6-7-20(4)5;/h6-13H2,1-5H3,(H,19,21);1H/p-1. The molecule has 4 aliphatic carbocycles. The van der Waals surface area contributed by atoms with Crippen molar-refractivity contribution in [1.29, 1.82) is 0 Å². The first-order valence-electron chi connectivity index (χ1n) is 8.51. The summed E-state index contributed by atoms with van der Waals surface area (Å²) in [6, 6.07) is 0.